The normalized spacial score (nSPS) is 16.8. The van der Waals surface area contributed by atoms with Gasteiger partial charge in [-0.05, 0) is 24.3 Å². The SMILES string of the molecule is CC(C)C[C@@H](C(=O)NN(CCC1OCCO1)S(C)(=O)=O)[C@H](C/C=C/c1ccccc1)C(=O)NO. The fraction of sp³-hybridized carbons (Fsp3) is 0.565. The first-order chi connectivity index (χ1) is 16.1. The molecule has 1 aliphatic heterocycles. The van der Waals surface area contributed by atoms with Crippen LogP contribution in [0, 0.1) is 17.8 Å². The van der Waals surface area contributed by atoms with Crippen molar-refractivity contribution in [2.45, 2.75) is 39.4 Å². The molecule has 1 aromatic rings. The zero-order valence-corrected chi connectivity index (χ0v) is 20.7. The van der Waals surface area contributed by atoms with Crippen molar-refractivity contribution in [2.24, 2.45) is 17.8 Å². The molecule has 1 aliphatic rings. The molecular weight excluding hydrogens is 462 g/mol. The Morgan fingerprint density at radius 3 is 2.35 bits per heavy atom. The minimum Gasteiger partial charge on any atom is -0.350 e. The van der Waals surface area contributed by atoms with Gasteiger partial charge in [0.05, 0.1) is 31.3 Å². The molecule has 0 saturated carbocycles. The number of nitrogens with one attached hydrogen (secondary N) is 2. The van der Waals surface area contributed by atoms with Crippen LogP contribution in [-0.2, 0) is 29.1 Å². The fourth-order valence-electron chi connectivity index (χ4n) is 3.72. The van der Waals surface area contributed by atoms with E-state index in [1.54, 1.807) is 11.6 Å². The molecule has 11 heteroatoms. The molecule has 3 N–H and O–H groups in total. The van der Waals surface area contributed by atoms with E-state index in [9.17, 15) is 23.2 Å². The first-order valence-corrected chi connectivity index (χ1v) is 13.1. The number of carbonyl (C=O) groups is 2. The van der Waals surface area contributed by atoms with E-state index in [-0.39, 0.29) is 25.3 Å². The van der Waals surface area contributed by atoms with Crippen molar-refractivity contribution in [1.82, 2.24) is 15.3 Å². The molecule has 0 radical (unpaired) electrons. The first kappa shape index (κ1) is 27.9. The standard InChI is InChI=1S/C23H35N3O7S/c1-17(2)16-20(19(23(28)25-29)11-7-10-18-8-5-4-6-9-18)22(27)24-26(34(3,30)31)13-12-21-32-14-15-33-21/h4-10,17,19-21,29H,11-16H2,1-3H3,(H,24,27)(H,25,28)/b10-7+/t19-,20+/m0/s1. The molecule has 0 aromatic heterocycles. The lowest BCUT2D eigenvalue weighted by atomic mass is 9.82. The molecule has 1 saturated heterocycles. The molecule has 2 rings (SSSR count). The summed E-state index contributed by atoms with van der Waals surface area (Å²) in [6, 6.07) is 9.46. The zero-order valence-electron chi connectivity index (χ0n) is 19.8. The summed E-state index contributed by atoms with van der Waals surface area (Å²) in [6.45, 7) is 4.62. The number of sulfonamides is 1. The van der Waals surface area contributed by atoms with E-state index in [2.05, 4.69) is 5.43 Å². The van der Waals surface area contributed by atoms with E-state index in [0.29, 0.717) is 19.6 Å². The Morgan fingerprint density at radius 2 is 1.79 bits per heavy atom. The monoisotopic (exact) mass is 497 g/mol. The van der Waals surface area contributed by atoms with Crippen LogP contribution in [0.4, 0.5) is 0 Å². The maximum Gasteiger partial charge on any atom is 0.247 e. The number of carbonyl (C=O) groups excluding carboxylic acids is 2. The zero-order chi connectivity index (χ0) is 25.1. The van der Waals surface area contributed by atoms with Gasteiger partial charge in [-0.15, -0.1) is 4.41 Å². The minimum atomic E-state index is -3.79. The average Bonchev–Trinajstić information content (AvgIpc) is 3.31. The molecule has 0 unspecified atom stereocenters. The van der Waals surface area contributed by atoms with E-state index in [0.717, 1.165) is 16.2 Å². The highest BCUT2D eigenvalue weighted by Crippen LogP contribution is 2.26. The summed E-state index contributed by atoms with van der Waals surface area (Å²) < 4.78 is 36.1. The first-order valence-electron chi connectivity index (χ1n) is 11.3. The highest BCUT2D eigenvalue weighted by atomic mass is 32.2. The number of hydrogen-bond acceptors (Lipinski definition) is 7. The van der Waals surface area contributed by atoms with Crippen molar-refractivity contribution >= 4 is 27.9 Å². The predicted octanol–water partition coefficient (Wildman–Crippen LogP) is 1.93. The molecule has 2 amide bonds. The highest BCUT2D eigenvalue weighted by Gasteiger charge is 2.35. The second-order valence-electron chi connectivity index (χ2n) is 8.64. The smallest absolute Gasteiger partial charge is 0.247 e. The maximum absolute atomic E-state index is 13.3. The lowest BCUT2D eigenvalue weighted by Crippen LogP contribution is -2.51. The number of ether oxygens (including phenoxy) is 2. The predicted molar refractivity (Wildman–Crippen MR) is 126 cm³/mol. The van der Waals surface area contributed by atoms with Crippen molar-refractivity contribution in [3.8, 4) is 0 Å². The Bertz CT molecular complexity index is 916. The Morgan fingerprint density at radius 1 is 1.15 bits per heavy atom. The van der Waals surface area contributed by atoms with Crippen molar-refractivity contribution in [3.63, 3.8) is 0 Å². The quantitative estimate of drug-likeness (QED) is 0.280. The molecule has 1 heterocycles. The number of nitrogens with zero attached hydrogens (tertiary/aromatic N) is 1. The Labute approximate surface area is 201 Å². The van der Waals surface area contributed by atoms with Gasteiger partial charge in [0, 0.05) is 13.0 Å². The summed E-state index contributed by atoms with van der Waals surface area (Å²) in [6.07, 6.45) is 4.77. The molecule has 10 nitrogen and oxygen atoms in total. The molecule has 34 heavy (non-hydrogen) atoms. The van der Waals surface area contributed by atoms with E-state index < -0.39 is 40.0 Å². The lowest BCUT2D eigenvalue weighted by Gasteiger charge is -2.29. The molecular formula is C23H35N3O7S. The molecule has 190 valence electrons. The van der Waals surface area contributed by atoms with Gasteiger partial charge in [0.15, 0.2) is 6.29 Å². The third-order valence-corrected chi connectivity index (χ3v) is 6.46. The van der Waals surface area contributed by atoms with Gasteiger partial charge >= 0.3 is 0 Å². The van der Waals surface area contributed by atoms with Gasteiger partial charge < -0.3 is 9.47 Å². The molecule has 1 aromatic carbocycles. The van der Waals surface area contributed by atoms with Crippen molar-refractivity contribution in [1.29, 1.82) is 0 Å². The molecule has 1 fully saturated rings. The lowest BCUT2D eigenvalue weighted by molar-refractivity contribution is -0.142. The van der Waals surface area contributed by atoms with Crippen LogP contribution in [0.3, 0.4) is 0 Å². The van der Waals surface area contributed by atoms with E-state index in [1.165, 1.54) is 0 Å². The summed E-state index contributed by atoms with van der Waals surface area (Å²) >= 11 is 0. The van der Waals surface area contributed by atoms with Crippen LogP contribution < -0.4 is 10.9 Å². The van der Waals surface area contributed by atoms with E-state index in [4.69, 9.17) is 9.47 Å². The third kappa shape index (κ3) is 9.15. The van der Waals surface area contributed by atoms with Gasteiger partial charge in [0.2, 0.25) is 21.8 Å². The Balaban J connectivity index is 2.19. The van der Waals surface area contributed by atoms with Crippen LogP contribution in [0.25, 0.3) is 6.08 Å². The van der Waals surface area contributed by atoms with Gasteiger partial charge in [-0.1, -0.05) is 56.3 Å². The van der Waals surface area contributed by atoms with Crippen LogP contribution in [-0.4, -0.2) is 62.2 Å². The van der Waals surface area contributed by atoms with Crippen molar-refractivity contribution < 1.29 is 32.7 Å². The van der Waals surface area contributed by atoms with Gasteiger partial charge in [-0.3, -0.25) is 20.2 Å². The third-order valence-electron chi connectivity index (χ3n) is 5.39. The largest absolute Gasteiger partial charge is 0.350 e. The molecule has 2 atom stereocenters. The minimum absolute atomic E-state index is 0.0369. The van der Waals surface area contributed by atoms with Crippen molar-refractivity contribution in [2.75, 3.05) is 26.0 Å². The molecule has 0 bridgehead atoms. The van der Waals surface area contributed by atoms with E-state index >= 15 is 0 Å². The number of benzene rings is 1. The number of hydrazine groups is 1. The number of allylic oxidation sites excluding steroid dienone is 1. The topological polar surface area (TPSA) is 134 Å². The van der Waals surface area contributed by atoms with E-state index in [1.807, 2.05) is 50.3 Å². The second-order valence-corrected chi connectivity index (χ2v) is 10.5. The van der Waals surface area contributed by atoms with Gasteiger partial charge in [0.1, 0.15) is 0 Å². The van der Waals surface area contributed by atoms with Crippen LogP contribution >= 0.6 is 0 Å². The van der Waals surface area contributed by atoms with Crippen LogP contribution in [0.2, 0.25) is 0 Å². The van der Waals surface area contributed by atoms with Gasteiger partial charge in [-0.2, -0.15) is 0 Å². The summed E-state index contributed by atoms with van der Waals surface area (Å²) in [7, 11) is -3.79. The van der Waals surface area contributed by atoms with Crippen LogP contribution in [0.1, 0.15) is 38.7 Å². The number of amides is 2. The second kappa shape index (κ2) is 13.5. The highest BCUT2D eigenvalue weighted by molar-refractivity contribution is 7.88. The maximum atomic E-state index is 13.3. The molecule has 0 aliphatic carbocycles. The average molecular weight is 498 g/mol. The fourth-order valence-corrected chi connectivity index (χ4v) is 4.41. The van der Waals surface area contributed by atoms with Crippen LogP contribution in [0.5, 0.6) is 0 Å². The van der Waals surface area contributed by atoms with Crippen LogP contribution in [0.15, 0.2) is 36.4 Å². The van der Waals surface area contributed by atoms with Crippen molar-refractivity contribution in [3.05, 3.63) is 42.0 Å². The molecule has 0 spiro atoms. The number of rotatable bonds is 13. The summed E-state index contributed by atoms with van der Waals surface area (Å²) in [4.78, 5) is 25.8. The Kier molecular flexibility index (Phi) is 11.1. The summed E-state index contributed by atoms with van der Waals surface area (Å²) in [5.74, 6) is -3.08. The summed E-state index contributed by atoms with van der Waals surface area (Å²) in [5, 5.41) is 9.31. The number of hydroxylamine groups is 1. The summed E-state index contributed by atoms with van der Waals surface area (Å²) in [5.41, 5.74) is 5.04. The van der Waals surface area contributed by atoms with Gasteiger partial charge in [-0.25, -0.2) is 13.9 Å². The van der Waals surface area contributed by atoms with Gasteiger partial charge in [0.25, 0.3) is 0 Å². The number of hydrogen-bond donors (Lipinski definition) is 3. The Hall–Kier alpha value is -2.31.